The minimum Gasteiger partial charge on any atom is -0.481 e. The lowest BCUT2D eigenvalue weighted by atomic mass is 10.1. The van der Waals surface area contributed by atoms with E-state index in [0.29, 0.717) is 23.1 Å². The number of amides is 1. The zero-order chi connectivity index (χ0) is 13.5. The first-order valence-corrected chi connectivity index (χ1v) is 6.40. The highest BCUT2D eigenvalue weighted by Crippen LogP contribution is 2.13. The highest BCUT2D eigenvalue weighted by molar-refractivity contribution is 9.10. The van der Waals surface area contributed by atoms with Gasteiger partial charge in [-0.1, -0.05) is 6.92 Å². The van der Waals surface area contributed by atoms with Crippen LogP contribution in [-0.4, -0.2) is 28.5 Å². The summed E-state index contributed by atoms with van der Waals surface area (Å²) in [6, 6.07) is 3.48. The maximum absolute atomic E-state index is 11.8. The Hall–Kier alpha value is -1.43. The van der Waals surface area contributed by atoms with Gasteiger partial charge in [0.2, 0.25) is 0 Å². The Balaban J connectivity index is 2.42. The summed E-state index contributed by atoms with van der Waals surface area (Å²) in [5, 5.41) is 11.3. The number of halogens is 1. The molecule has 0 spiro atoms. The Morgan fingerprint density at radius 3 is 2.89 bits per heavy atom. The van der Waals surface area contributed by atoms with E-state index < -0.39 is 5.97 Å². The molecule has 1 atom stereocenters. The van der Waals surface area contributed by atoms with E-state index >= 15 is 0 Å². The lowest BCUT2D eigenvalue weighted by Crippen LogP contribution is -2.29. The van der Waals surface area contributed by atoms with E-state index in [0.717, 1.165) is 0 Å². The third-order valence-corrected chi connectivity index (χ3v) is 3.08. The van der Waals surface area contributed by atoms with E-state index in [1.807, 2.05) is 6.92 Å². The SMILES string of the molecule is CC(CCC(=O)O)CNC(=O)c1ncccc1Br. The van der Waals surface area contributed by atoms with Crippen LogP contribution in [0, 0.1) is 5.92 Å². The van der Waals surface area contributed by atoms with Crippen molar-refractivity contribution in [2.24, 2.45) is 5.92 Å². The molecule has 5 nitrogen and oxygen atoms in total. The molecule has 0 fully saturated rings. The van der Waals surface area contributed by atoms with Gasteiger partial charge in [-0.05, 0) is 40.4 Å². The van der Waals surface area contributed by atoms with E-state index in [2.05, 4.69) is 26.2 Å². The fraction of sp³-hybridized carbons (Fsp3) is 0.417. The number of hydrogen-bond donors (Lipinski definition) is 2. The highest BCUT2D eigenvalue weighted by atomic mass is 79.9. The summed E-state index contributed by atoms with van der Waals surface area (Å²) in [4.78, 5) is 26.2. The number of aliphatic carboxylic acids is 1. The van der Waals surface area contributed by atoms with Gasteiger partial charge in [0.05, 0.1) is 0 Å². The zero-order valence-electron chi connectivity index (χ0n) is 10.0. The molecule has 0 aromatic carbocycles. The molecular weight excluding hydrogens is 300 g/mol. The predicted octanol–water partition coefficient (Wildman–Crippen LogP) is 2.07. The molecule has 1 aromatic heterocycles. The van der Waals surface area contributed by atoms with Crippen LogP contribution < -0.4 is 5.32 Å². The molecule has 0 saturated carbocycles. The molecular formula is C12H15BrN2O3. The van der Waals surface area contributed by atoms with Gasteiger partial charge >= 0.3 is 5.97 Å². The van der Waals surface area contributed by atoms with E-state index in [1.54, 1.807) is 18.3 Å². The standard InChI is InChI=1S/C12H15BrN2O3/c1-8(4-5-10(16)17)7-15-12(18)11-9(13)3-2-6-14-11/h2-3,6,8H,4-5,7H2,1H3,(H,15,18)(H,16,17). The Kier molecular flexibility index (Phi) is 5.77. The quantitative estimate of drug-likeness (QED) is 0.842. The number of hydrogen-bond acceptors (Lipinski definition) is 3. The number of nitrogens with one attached hydrogen (secondary N) is 1. The number of carboxylic acid groups (broad SMARTS) is 1. The summed E-state index contributed by atoms with van der Waals surface area (Å²) in [6.45, 7) is 2.34. The first-order chi connectivity index (χ1) is 8.50. The Labute approximate surface area is 114 Å². The third kappa shape index (κ3) is 4.83. The Morgan fingerprint density at radius 2 is 2.28 bits per heavy atom. The maximum atomic E-state index is 11.8. The molecule has 1 amide bonds. The van der Waals surface area contributed by atoms with Crippen LogP contribution in [0.3, 0.4) is 0 Å². The fourth-order valence-electron chi connectivity index (χ4n) is 1.38. The van der Waals surface area contributed by atoms with Crippen LogP contribution >= 0.6 is 15.9 Å². The number of carbonyl (C=O) groups excluding carboxylic acids is 1. The van der Waals surface area contributed by atoms with Gasteiger partial charge in [0.1, 0.15) is 5.69 Å². The van der Waals surface area contributed by atoms with Crippen molar-refractivity contribution in [1.82, 2.24) is 10.3 Å². The van der Waals surface area contributed by atoms with E-state index in [9.17, 15) is 9.59 Å². The first-order valence-electron chi connectivity index (χ1n) is 5.61. The number of rotatable bonds is 6. The van der Waals surface area contributed by atoms with Crippen molar-refractivity contribution in [3.05, 3.63) is 28.5 Å². The number of carboxylic acids is 1. The van der Waals surface area contributed by atoms with Crippen LogP contribution in [0.25, 0.3) is 0 Å². The van der Waals surface area contributed by atoms with E-state index in [-0.39, 0.29) is 18.2 Å². The lowest BCUT2D eigenvalue weighted by molar-refractivity contribution is -0.137. The van der Waals surface area contributed by atoms with E-state index in [1.165, 1.54) is 0 Å². The number of aromatic nitrogens is 1. The molecule has 1 heterocycles. The molecule has 1 aromatic rings. The molecule has 2 N–H and O–H groups in total. The van der Waals surface area contributed by atoms with Gasteiger partial charge in [0.25, 0.3) is 5.91 Å². The average Bonchev–Trinajstić information content (AvgIpc) is 2.34. The van der Waals surface area contributed by atoms with Crippen molar-refractivity contribution in [3.8, 4) is 0 Å². The summed E-state index contributed by atoms with van der Waals surface area (Å²) in [6.07, 6.45) is 2.21. The van der Waals surface area contributed by atoms with Crippen molar-refractivity contribution in [3.63, 3.8) is 0 Å². The van der Waals surface area contributed by atoms with Gasteiger partial charge < -0.3 is 10.4 Å². The zero-order valence-corrected chi connectivity index (χ0v) is 11.6. The predicted molar refractivity (Wildman–Crippen MR) is 70.3 cm³/mol. The van der Waals surface area contributed by atoms with Gasteiger partial charge in [-0.2, -0.15) is 0 Å². The molecule has 1 rings (SSSR count). The van der Waals surface area contributed by atoms with Crippen LogP contribution in [0.2, 0.25) is 0 Å². The van der Waals surface area contributed by atoms with Crippen molar-refractivity contribution in [1.29, 1.82) is 0 Å². The smallest absolute Gasteiger partial charge is 0.303 e. The van der Waals surface area contributed by atoms with Gasteiger partial charge in [-0.25, -0.2) is 4.98 Å². The third-order valence-electron chi connectivity index (χ3n) is 2.44. The second-order valence-corrected chi connectivity index (χ2v) is 4.94. The minimum absolute atomic E-state index is 0.115. The molecule has 18 heavy (non-hydrogen) atoms. The minimum atomic E-state index is -0.819. The molecule has 0 saturated heterocycles. The average molecular weight is 315 g/mol. The van der Waals surface area contributed by atoms with Gasteiger partial charge in [-0.3, -0.25) is 9.59 Å². The van der Waals surface area contributed by atoms with Crippen molar-refractivity contribution >= 4 is 27.8 Å². The van der Waals surface area contributed by atoms with Crippen LogP contribution in [0.15, 0.2) is 22.8 Å². The van der Waals surface area contributed by atoms with Gasteiger partial charge in [0.15, 0.2) is 0 Å². The topological polar surface area (TPSA) is 79.3 Å². The molecule has 0 bridgehead atoms. The molecule has 0 radical (unpaired) electrons. The molecule has 0 aliphatic heterocycles. The summed E-state index contributed by atoms with van der Waals surface area (Å²) in [5.41, 5.74) is 0.336. The van der Waals surface area contributed by atoms with Crippen LogP contribution in [-0.2, 0) is 4.79 Å². The molecule has 0 aliphatic rings. The molecule has 6 heteroatoms. The van der Waals surface area contributed by atoms with Gasteiger partial charge in [0, 0.05) is 23.6 Å². The van der Waals surface area contributed by atoms with Crippen molar-refractivity contribution < 1.29 is 14.7 Å². The maximum Gasteiger partial charge on any atom is 0.303 e. The Bertz CT molecular complexity index is 437. The van der Waals surface area contributed by atoms with Crippen LogP contribution in [0.5, 0.6) is 0 Å². The van der Waals surface area contributed by atoms with Crippen LogP contribution in [0.4, 0.5) is 0 Å². The van der Waals surface area contributed by atoms with Crippen molar-refractivity contribution in [2.75, 3.05) is 6.54 Å². The lowest BCUT2D eigenvalue weighted by Gasteiger charge is -2.11. The summed E-state index contributed by atoms with van der Waals surface area (Å²) in [5.74, 6) is -0.960. The Morgan fingerprint density at radius 1 is 1.56 bits per heavy atom. The fourth-order valence-corrected chi connectivity index (χ4v) is 1.81. The largest absolute Gasteiger partial charge is 0.481 e. The highest BCUT2D eigenvalue weighted by Gasteiger charge is 2.12. The van der Waals surface area contributed by atoms with E-state index in [4.69, 9.17) is 5.11 Å². The summed E-state index contributed by atoms with van der Waals surface area (Å²) in [7, 11) is 0. The van der Waals surface area contributed by atoms with Crippen LogP contribution in [0.1, 0.15) is 30.3 Å². The first kappa shape index (κ1) is 14.6. The summed E-state index contributed by atoms with van der Waals surface area (Å²) < 4.78 is 0.640. The second-order valence-electron chi connectivity index (χ2n) is 4.08. The second kappa shape index (κ2) is 7.10. The number of carbonyl (C=O) groups is 2. The van der Waals surface area contributed by atoms with Crippen molar-refractivity contribution in [2.45, 2.75) is 19.8 Å². The normalized spacial score (nSPS) is 11.9. The summed E-state index contributed by atoms with van der Waals surface area (Å²) >= 11 is 3.25. The van der Waals surface area contributed by atoms with Gasteiger partial charge in [-0.15, -0.1) is 0 Å². The monoisotopic (exact) mass is 314 g/mol. The molecule has 1 unspecified atom stereocenters. The number of nitrogens with zero attached hydrogens (tertiary/aromatic N) is 1. The number of pyridine rings is 1. The molecule has 0 aliphatic carbocycles. The molecule has 98 valence electrons.